The molecular formula is C15H13F3N2O. The van der Waals surface area contributed by atoms with Crippen LogP contribution in [0, 0.1) is 17.5 Å². The first kappa shape index (κ1) is 14.9. The summed E-state index contributed by atoms with van der Waals surface area (Å²) < 4.78 is 39.0. The van der Waals surface area contributed by atoms with Crippen molar-refractivity contribution >= 4 is 6.03 Å². The van der Waals surface area contributed by atoms with Crippen LogP contribution in [-0.2, 0) is 13.1 Å². The molecule has 0 heterocycles. The Hall–Kier alpha value is -2.50. The Balaban J connectivity index is 1.82. The van der Waals surface area contributed by atoms with Crippen molar-refractivity contribution in [1.29, 1.82) is 0 Å². The maximum Gasteiger partial charge on any atom is 0.315 e. The molecule has 2 aromatic rings. The largest absolute Gasteiger partial charge is 0.334 e. The molecule has 110 valence electrons. The van der Waals surface area contributed by atoms with E-state index in [-0.39, 0.29) is 24.5 Å². The average Bonchev–Trinajstić information content (AvgIpc) is 2.47. The SMILES string of the molecule is O=C(NCc1ccc(F)cc1)NCc1cc(F)ccc1F. The van der Waals surface area contributed by atoms with Gasteiger partial charge < -0.3 is 10.6 Å². The second kappa shape index (κ2) is 6.78. The maximum atomic E-state index is 13.3. The van der Waals surface area contributed by atoms with Gasteiger partial charge in [0.05, 0.1) is 0 Å². The fraction of sp³-hybridized carbons (Fsp3) is 0.133. The smallest absolute Gasteiger partial charge is 0.315 e. The van der Waals surface area contributed by atoms with Gasteiger partial charge in [0.2, 0.25) is 0 Å². The highest BCUT2D eigenvalue weighted by atomic mass is 19.1. The van der Waals surface area contributed by atoms with Crippen LogP contribution in [0.2, 0.25) is 0 Å². The van der Waals surface area contributed by atoms with Crippen LogP contribution in [0.15, 0.2) is 42.5 Å². The number of hydrogen-bond donors (Lipinski definition) is 2. The fourth-order valence-electron chi connectivity index (χ4n) is 1.70. The molecular weight excluding hydrogens is 281 g/mol. The summed E-state index contributed by atoms with van der Waals surface area (Å²) in [6.07, 6.45) is 0. The molecule has 0 radical (unpaired) electrons. The number of hydrogen-bond acceptors (Lipinski definition) is 1. The van der Waals surface area contributed by atoms with E-state index in [1.807, 2.05) is 0 Å². The molecule has 3 nitrogen and oxygen atoms in total. The van der Waals surface area contributed by atoms with Crippen LogP contribution >= 0.6 is 0 Å². The number of carbonyl (C=O) groups excluding carboxylic acids is 1. The van der Waals surface area contributed by atoms with Gasteiger partial charge in [0, 0.05) is 18.7 Å². The maximum absolute atomic E-state index is 13.3. The van der Waals surface area contributed by atoms with Gasteiger partial charge in [-0.25, -0.2) is 18.0 Å². The number of nitrogens with one attached hydrogen (secondary N) is 2. The Labute approximate surface area is 119 Å². The topological polar surface area (TPSA) is 41.1 Å². The lowest BCUT2D eigenvalue weighted by Gasteiger charge is -2.08. The highest BCUT2D eigenvalue weighted by Crippen LogP contribution is 2.09. The zero-order valence-electron chi connectivity index (χ0n) is 11.0. The molecule has 0 saturated heterocycles. The summed E-state index contributed by atoms with van der Waals surface area (Å²) in [5.41, 5.74) is 0.787. The zero-order chi connectivity index (χ0) is 15.2. The van der Waals surface area contributed by atoms with Crippen LogP contribution in [0.25, 0.3) is 0 Å². The van der Waals surface area contributed by atoms with Crippen LogP contribution in [0.3, 0.4) is 0 Å². The molecule has 6 heteroatoms. The number of benzene rings is 2. The van der Waals surface area contributed by atoms with Crippen LogP contribution in [0.1, 0.15) is 11.1 Å². The minimum atomic E-state index is -0.588. The van der Waals surface area contributed by atoms with Crippen LogP contribution in [0.4, 0.5) is 18.0 Å². The van der Waals surface area contributed by atoms with Gasteiger partial charge in [-0.15, -0.1) is 0 Å². The second-order valence-electron chi connectivity index (χ2n) is 4.40. The molecule has 0 aliphatic rings. The average molecular weight is 294 g/mol. The molecule has 0 atom stereocenters. The number of urea groups is 1. The molecule has 2 amide bonds. The molecule has 2 N–H and O–H groups in total. The summed E-state index contributed by atoms with van der Waals surface area (Å²) in [6.45, 7) is 0.0800. The molecule has 0 aliphatic heterocycles. The van der Waals surface area contributed by atoms with Crippen molar-refractivity contribution in [2.24, 2.45) is 0 Å². The molecule has 0 aliphatic carbocycles. The first-order valence-electron chi connectivity index (χ1n) is 6.24. The highest BCUT2D eigenvalue weighted by molar-refractivity contribution is 5.73. The number of halogens is 3. The quantitative estimate of drug-likeness (QED) is 0.894. The number of carbonyl (C=O) groups is 1. The summed E-state index contributed by atoms with van der Waals surface area (Å²) >= 11 is 0. The lowest BCUT2D eigenvalue weighted by atomic mass is 10.2. The van der Waals surface area contributed by atoms with E-state index in [0.29, 0.717) is 0 Å². The number of rotatable bonds is 4. The van der Waals surface area contributed by atoms with Crippen molar-refractivity contribution in [3.8, 4) is 0 Å². The predicted molar refractivity (Wildman–Crippen MR) is 71.8 cm³/mol. The van der Waals surface area contributed by atoms with Gasteiger partial charge in [0.15, 0.2) is 0 Å². The van der Waals surface area contributed by atoms with E-state index in [1.165, 1.54) is 12.1 Å². The van der Waals surface area contributed by atoms with E-state index in [1.54, 1.807) is 12.1 Å². The van der Waals surface area contributed by atoms with Crippen molar-refractivity contribution < 1.29 is 18.0 Å². The first-order valence-corrected chi connectivity index (χ1v) is 6.24. The molecule has 2 aromatic carbocycles. The molecule has 0 aromatic heterocycles. The number of amides is 2. The van der Waals surface area contributed by atoms with Crippen molar-refractivity contribution in [2.75, 3.05) is 0 Å². The molecule has 2 rings (SSSR count). The Bertz CT molecular complexity index is 629. The summed E-state index contributed by atoms with van der Waals surface area (Å²) in [5, 5.41) is 4.95. The highest BCUT2D eigenvalue weighted by Gasteiger charge is 2.06. The lowest BCUT2D eigenvalue weighted by Crippen LogP contribution is -2.34. The summed E-state index contributed by atoms with van der Waals surface area (Å²) in [4.78, 5) is 11.5. The molecule has 0 bridgehead atoms. The van der Waals surface area contributed by atoms with Crippen LogP contribution in [-0.4, -0.2) is 6.03 Å². The van der Waals surface area contributed by atoms with Gasteiger partial charge in [-0.2, -0.15) is 0 Å². The van der Waals surface area contributed by atoms with Crippen molar-refractivity contribution in [1.82, 2.24) is 10.6 Å². The first-order chi connectivity index (χ1) is 10.0. The normalized spacial score (nSPS) is 10.2. The van der Waals surface area contributed by atoms with E-state index >= 15 is 0 Å². The zero-order valence-corrected chi connectivity index (χ0v) is 11.0. The van der Waals surface area contributed by atoms with Gasteiger partial charge in [-0.1, -0.05) is 12.1 Å². The van der Waals surface area contributed by atoms with E-state index in [4.69, 9.17) is 0 Å². The fourth-order valence-corrected chi connectivity index (χ4v) is 1.70. The van der Waals surface area contributed by atoms with E-state index in [0.717, 1.165) is 23.8 Å². The van der Waals surface area contributed by atoms with Crippen molar-refractivity contribution in [3.05, 3.63) is 71.0 Å². The standard InChI is InChI=1S/C15H13F3N2O/c16-12-3-1-10(2-4-12)8-19-15(21)20-9-11-7-13(17)5-6-14(11)18/h1-7H,8-9H2,(H2,19,20,21). The Morgan fingerprint density at radius 3 is 2.19 bits per heavy atom. The molecule has 0 saturated carbocycles. The van der Waals surface area contributed by atoms with Crippen LogP contribution < -0.4 is 10.6 Å². The monoisotopic (exact) mass is 294 g/mol. The van der Waals surface area contributed by atoms with Crippen molar-refractivity contribution in [3.63, 3.8) is 0 Å². The third kappa shape index (κ3) is 4.52. The second-order valence-corrected chi connectivity index (χ2v) is 4.40. The summed E-state index contributed by atoms with van der Waals surface area (Å²) in [7, 11) is 0. The van der Waals surface area contributed by atoms with Crippen molar-refractivity contribution in [2.45, 2.75) is 13.1 Å². The summed E-state index contributed by atoms with van der Waals surface area (Å²) in [5.74, 6) is -1.51. The van der Waals surface area contributed by atoms with Gasteiger partial charge in [0.25, 0.3) is 0 Å². The minimum absolute atomic E-state index is 0.0620. The predicted octanol–water partition coefficient (Wildman–Crippen LogP) is 3.10. The Kier molecular flexibility index (Phi) is 4.81. The lowest BCUT2D eigenvalue weighted by molar-refractivity contribution is 0.240. The Morgan fingerprint density at radius 1 is 0.857 bits per heavy atom. The molecule has 0 unspecified atom stereocenters. The molecule has 21 heavy (non-hydrogen) atoms. The molecule has 0 fully saturated rings. The van der Waals surface area contributed by atoms with Crippen LogP contribution in [0.5, 0.6) is 0 Å². The van der Waals surface area contributed by atoms with Gasteiger partial charge in [-0.3, -0.25) is 0 Å². The summed E-state index contributed by atoms with van der Waals surface area (Å²) in [6, 6.07) is 8.17. The van der Waals surface area contributed by atoms with Gasteiger partial charge in [-0.05, 0) is 35.9 Å². The third-order valence-electron chi connectivity index (χ3n) is 2.81. The van der Waals surface area contributed by atoms with Gasteiger partial charge in [0.1, 0.15) is 17.5 Å². The molecule has 0 spiro atoms. The Morgan fingerprint density at radius 2 is 1.48 bits per heavy atom. The minimum Gasteiger partial charge on any atom is -0.334 e. The third-order valence-corrected chi connectivity index (χ3v) is 2.81. The van der Waals surface area contributed by atoms with E-state index < -0.39 is 17.7 Å². The van der Waals surface area contributed by atoms with E-state index in [9.17, 15) is 18.0 Å². The van der Waals surface area contributed by atoms with Gasteiger partial charge >= 0.3 is 6.03 Å². The van der Waals surface area contributed by atoms with E-state index in [2.05, 4.69) is 10.6 Å².